The molecule has 2 heterocycles. The maximum atomic E-state index is 13.6. The number of hydrogen-bond donors (Lipinski definition) is 2. The Morgan fingerprint density at radius 2 is 1.93 bits per heavy atom. The summed E-state index contributed by atoms with van der Waals surface area (Å²) in [5.41, 5.74) is 7.30. The summed E-state index contributed by atoms with van der Waals surface area (Å²) >= 11 is 8.52. The van der Waals surface area contributed by atoms with Crippen LogP contribution in [0.3, 0.4) is 0 Å². The van der Waals surface area contributed by atoms with Gasteiger partial charge in [-0.2, -0.15) is 16.4 Å². The standard InChI is InChI=1S/C31H32ClN3O2S.C2H6/c1-3-20(2)23-12-13-28(26(32)17-23)35-30-24(16-21-14-15-38-19-21)10-7-11-25(30)29(34-35)31(37)33-27(18-36)22-8-5-4-6-9-22;1-2/h4-6,8-9,12-17,19-20,27,36H,3,7,10-11,18H2,1-2H3,(H,33,37);1-2H3/b24-16+;. The zero-order chi connectivity index (χ0) is 28.6. The number of amides is 1. The zero-order valence-corrected chi connectivity index (χ0v) is 25.2. The maximum absolute atomic E-state index is 13.6. The van der Waals surface area contributed by atoms with E-state index in [-0.39, 0.29) is 12.5 Å². The third kappa shape index (κ3) is 6.41. The van der Waals surface area contributed by atoms with Crippen LogP contribution >= 0.6 is 22.9 Å². The van der Waals surface area contributed by atoms with Crippen molar-refractivity contribution < 1.29 is 9.90 Å². The molecule has 0 spiro atoms. The third-order valence-corrected chi connectivity index (χ3v) is 8.34. The van der Waals surface area contributed by atoms with E-state index in [9.17, 15) is 9.90 Å². The Morgan fingerprint density at radius 3 is 2.58 bits per heavy atom. The van der Waals surface area contributed by atoms with Crippen molar-refractivity contribution in [3.8, 4) is 5.69 Å². The predicted molar refractivity (Wildman–Crippen MR) is 167 cm³/mol. The number of nitrogens with one attached hydrogen (secondary N) is 1. The Kier molecular flexibility index (Phi) is 10.4. The van der Waals surface area contributed by atoms with Crippen molar-refractivity contribution in [1.82, 2.24) is 15.1 Å². The van der Waals surface area contributed by atoms with Crippen LogP contribution in [0.15, 0.2) is 65.4 Å². The fraction of sp³-hybridized carbons (Fsp3) is 0.333. The summed E-state index contributed by atoms with van der Waals surface area (Å²) in [5, 5.41) is 22.7. The number of fused-ring (bicyclic) bond motifs is 1. The Morgan fingerprint density at radius 1 is 1.15 bits per heavy atom. The minimum absolute atomic E-state index is 0.204. The van der Waals surface area contributed by atoms with Crippen molar-refractivity contribution >= 4 is 40.5 Å². The number of allylic oxidation sites excluding steroid dienone is 1. The number of thiophene rings is 1. The molecule has 5 rings (SSSR count). The SMILES string of the molecule is CC.CCC(C)c1ccc(-n2nc(C(=O)NC(CO)c3ccccc3)c3c2/C(=C/c2ccsc2)CCC3)c(Cl)c1. The number of aromatic nitrogens is 2. The first-order valence-corrected chi connectivity index (χ1v) is 15.4. The first-order chi connectivity index (χ1) is 19.5. The van der Waals surface area contributed by atoms with Gasteiger partial charge in [-0.25, -0.2) is 4.68 Å². The van der Waals surface area contributed by atoms with Gasteiger partial charge >= 0.3 is 0 Å². The van der Waals surface area contributed by atoms with Gasteiger partial charge < -0.3 is 10.4 Å². The van der Waals surface area contributed by atoms with Gasteiger partial charge in [0.25, 0.3) is 5.91 Å². The highest BCUT2D eigenvalue weighted by atomic mass is 35.5. The topological polar surface area (TPSA) is 67.2 Å². The van der Waals surface area contributed by atoms with E-state index in [1.54, 1.807) is 11.3 Å². The number of aliphatic hydroxyl groups is 1. The van der Waals surface area contributed by atoms with Gasteiger partial charge in [-0.1, -0.05) is 75.7 Å². The van der Waals surface area contributed by atoms with Crippen LogP contribution in [0.1, 0.15) is 97.4 Å². The normalized spacial score (nSPS) is 15.1. The largest absolute Gasteiger partial charge is 0.394 e. The van der Waals surface area contributed by atoms with Crippen LogP contribution in [0.2, 0.25) is 5.02 Å². The number of rotatable bonds is 8. The second-order valence-electron chi connectivity index (χ2n) is 9.81. The van der Waals surface area contributed by atoms with Crippen LogP contribution in [-0.4, -0.2) is 27.4 Å². The van der Waals surface area contributed by atoms with E-state index in [4.69, 9.17) is 16.7 Å². The van der Waals surface area contributed by atoms with Gasteiger partial charge in [-0.05, 0) is 88.9 Å². The van der Waals surface area contributed by atoms with Crippen molar-refractivity contribution in [2.45, 2.75) is 65.3 Å². The molecule has 0 saturated heterocycles. The smallest absolute Gasteiger partial charge is 0.272 e. The lowest BCUT2D eigenvalue weighted by Crippen LogP contribution is -2.31. The van der Waals surface area contributed by atoms with Crippen molar-refractivity contribution in [3.63, 3.8) is 0 Å². The third-order valence-electron chi connectivity index (χ3n) is 7.33. The van der Waals surface area contributed by atoms with Gasteiger partial charge in [0.05, 0.1) is 29.1 Å². The predicted octanol–water partition coefficient (Wildman–Crippen LogP) is 8.47. The molecule has 4 aromatic rings. The molecule has 2 atom stereocenters. The lowest BCUT2D eigenvalue weighted by molar-refractivity contribution is 0.0909. The minimum Gasteiger partial charge on any atom is -0.394 e. The number of aliphatic hydroxyl groups excluding tert-OH is 1. The lowest BCUT2D eigenvalue weighted by atomic mass is 9.89. The number of hydrogen-bond acceptors (Lipinski definition) is 4. The summed E-state index contributed by atoms with van der Waals surface area (Å²) in [6.07, 6.45) is 5.78. The highest BCUT2D eigenvalue weighted by Crippen LogP contribution is 2.38. The van der Waals surface area contributed by atoms with Crippen LogP contribution < -0.4 is 5.32 Å². The van der Waals surface area contributed by atoms with E-state index < -0.39 is 6.04 Å². The van der Waals surface area contributed by atoms with Crippen molar-refractivity contribution in [2.75, 3.05) is 6.61 Å². The Bertz CT molecular complexity index is 1440. The zero-order valence-electron chi connectivity index (χ0n) is 23.7. The molecule has 2 unspecified atom stereocenters. The molecule has 2 N–H and O–H groups in total. The average molecular weight is 576 g/mol. The van der Waals surface area contributed by atoms with Crippen LogP contribution in [0.5, 0.6) is 0 Å². The molecule has 2 aromatic carbocycles. The first kappa shape index (κ1) is 29.8. The second-order valence-corrected chi connectivity index (χ2v) is 11.0. The molecule has 5 nitrogen and oxygen atoms in total. The molecule has 1 amide bonds. The lowest BCUT2D eigenvalue weighted by Gasteiger charge is -2.20. The Balaban J connectivity index is 0.00000181. The number of carbonyl (C=O) groups excluding carboxylic acids is 1. The monoisotopic (exact) mass is 575 g/mol. The summed E-state index contributed by atoms with van der Waals surface area (Å²) in [6.45, 7) is 8.15. The molecule has 7 heteroatoms. The van der Waals surface area contributed by atoms with Crippen LogP contribution in [0, 0.1) is 0 Å². The minimum atomic E-state index is -0.521. The molecule has 0 bridgehead atoms. The summed E-state index contributed by atoms with van der Waals surface area (Å²) in [4.78, 5) is 13.6. The maximum Gasteiger partial charge on any atom is 0.272 e. The number of halogens is 1. The molecule has 2 aromatic heterocycles. The van der Waals surface area contributed by atoms with E-state index in [0.29, 0.717) is 16.6 Å². The van der Waals surface area contributed by atoms with Crippen molar-refractivity contribution in [1.29, 1.82) is 0 Å². The summed E-state index contributed by atoms with van der Waals surface area (Å²) in [7, 11) is 0. The van der Waals surface area contributed by atoms with E-state index in [2.05, 4.69) is 48.1 Å². The van der Waals surface area contributed by atoms with Crippen molar-refractivity contribution in [2.24, 2.45) is 0 Å². The van der Waals surface area contributed by atoms with Gasteiger partial charge in [0, 0.05) is 5.56 Å². The summed E-state index contributed by atoms with van der Waals surface area (Å²) in [5.74, 6) is 0.101. The average Bonchev–Trinajstić information content (AvgIpc) is 3.65. The molecule has 0 radical (unpaired) electrons. The van der Waals surface area contributed by atoms with E-state index in [0.717, 1.165) is 59.3 Å². The fourth-order valence-electron chi connectivity index (χ4n) is 5.03. The molecule has 0 fully saturated rings. The second kappa shape index (κ2) is 13.9. The first-order valence-electron chi connectivity index (χ1n) is 14.1. The Hall–Kier alpha value is -3.19. The van der Waals surface area contributed by atoms with Crippen LogP contribution in [0.25, 0.3) is 17.3 Å². The van der Waals surface area contributed by atoms with Crippen LogP contribution in [-0.2, 0) is 6.42 Å². The number of carbonyl (C=O) groups is 1. The van der Waals surface area contributed by atoms with Gasteiger partial charge in [-0.15, -0.1) is 0 Å². The highest BCUT2D eigenvalue weighted by molar-refractivity contribution is 7.08. The molecule has 0 saturated carbocycles. The van der Waals surface area contributed by atoms with Gasteiger partial charge in [0.15, 0.2) is 5.69 Å². The Labute approximate surface area is 246 Å². The molecule has 1 aliphatic carbocycles. The molecular formula is C33H38ClN3O2S. The van der Waals surface area contributed by atoms with E-state index in [1.165, 1.54) is 5.56 Å². The molecule has 40 heavy (non-hydrogen) atoms. The number of nitrogens with zero attached hydrogens (tertiary/aromatic N) is 2. The van der Waals surface area contributed by atoms with Crippen molar-refractivity contribution in [3.05, 3.63) is 104 Å². The summed E-state index contributed by atoms with van der Waals surface area (Å²) < 4.78 is 1.85. The quantitative estimate of drug-likeness (QED) is 0.221. The molecule has 210 valence electrons. The number of benzene rings is 2. The van der Waals surface area contributed by atoms with Crippen LogP contribution in [0.4, 0.5) is 0 Å². The van der Waals surface area contributed by atoms with E-state index >= 15 is 0 Å². The highest BCUT2D eigenvalue weighted by Gasteiger charge is 2.30. The summed E-state index contributed by atoms with van der Waals surface area (Å²) in [6, 6.07) is 17.2. The molecule has 1 aliphatic rings. The van der Waals surface area contributed by atoms with E-state index in [1.807, 2.05) is 61.0 Å². The van der Waals surface area contributed by atoms with Gasteiger partial charge in [-0.3, -0.25) is 4.79 Å². The molecule has 0 aliphatic heterocycles. The fourth-order valence-corrected chi connectivity index (χ4v) is 5.92. The molecular weight excluding hydrogens is 538 g/mol. The van der Waals surface area contributed by atoms with Gasteiger partial charge in [0.1, 0.15) is 0 Å². The van der Waals surface area contributed by atoms with Gasteiger partial charge in [0.2, 0.25) is 0 Å².